The van der Waals surface area contributed by atoms with Gasteiger partial charge in [-0.15, -0.1) is 0 Å². The molecule has 0 aromatic heterocycles. The Bertz CT molecular complexity index is 1400. The number of halogens is 2. The van der Waals surface area contributed by atoms with Gasteiger partial charge in [-0.2, -0.15) is 5.26 Å². The Labute approximate surface area is 225 Å². The molecule has 5 rings (SSSR count). The second-order valence-electron chi connectivity index (χ2n) is 9.60. The third-order valence-electron chi connectivity index (χ3n) is 7.10. The SMILES string of the molecule is N#Cc1ccc(C(=O)N[C@@H](CCN2CC3=CN(C(=O)c4c(F)cccc4Cl)CC3C2)c2ccccc2)cc1. The van der Waals surface area contributed by atoms with Gasteiger partial charge in [0, 0.05) is 43.9 Å². The van der Waals surface area contributed by atoms with Gasteiger partial charge in [0.15, 0.2) is 0 Å². The highest BCUT2D eigenvalue weighted by Gasteiger charge is 2.36. The van der Waals surface area contributed by atoms with Gasteiger partial charge in [0.1, 0.15) is 5.82 Å². The number of hydrogen-bond donors (Lipinski definition) is 1. The summed E-state index contributed by atoms with van der Waals surface area (Å²) in [5, 5.41) is 12.3. The predicted molar refractivity (Wildman–Crippen MR) is 143 cm³/mol. The number of nitrogens with one attached hydrogen (secondary N) is 1. The molecule has 0 aliphatic carbocycles. The highest BCUT2D eigenvalue weighted by molar-refractivity contribution is 6.33. The van der Waals surface area contributed by atoms with Crippen LogP contribution >= 0.6 is 11.6 Å². The third kappa shape index (κ3) is 5.47. The van der Waals surface area contributed by atoms with E-state index in [0.717, 1.165) is 24.2 Å². The van der Waals surface area contributed by atoms with Gasteiger partial charge in [0.05, 0.1) is 28.3 Å². The Hall–Kier alpha value is -3.99. The summed E-state index contributed by atoms with van der Waals surface area (Å²) in [6.45, 7) is 2.75. The lowest BCUT2D eigenvalue weighted by atomic mass is 10.0. The Morgan fingerprint density at radius 1 is 1.05 bits per heavy atom. The van der Waals surface area contributed by atoms with Crippen LogP contribution < -0.4 is 5.32 Å². The van der Waals surface area contributed by atoms with Crippen LogP contribution in [0.2, 0.25) is 5.02 Å². The van der Waals surface area contributed by atoms with Crippen molar-refractivity contribution in [2.24, 2.45) is 5.92 Å². The van der Waals surface area contributed by atoms with E-state index in [1.165, 1.54) is 18.2 Å². The minimum Gasteiger partial charge on any atom is -0.345 e. The molecule has 192 valence electrons. The molecule has 1 fully saturated rings. The second-order valence-corrected chi connectivity index (χ2v) is 10.0. The molecule has 2 atom stereocenters. The van der Waals surface area contributed by atoms with Gasteiger partial charge < -0.3 is 10.2 Å². The monoisotopic (exact) mass is 528 g/mol. The van der Waals surface area contributed by atoms with E-state index < -0.39 is 11.7 Å². The molecule has 0 spiro atoms. The molecule has 2 aliphatic rings. The molecular formula is C30H26ClFN4O2. The van der Waals surface area contributed by atoms with Crippen LogP contribution in [0.5, 0.6) is 0 Å². The van der Waals surface area contributed by atoms with Crippen molar-refractivity contribution in [2.45, 2.75) is 12.5 Å². The standard InChI is InChI=1S/C30H26ClFN4O2/c31-25-7-4-8-26(32)28(25)30(38)36-18-23-16-35(17-24(23)19-36)14-13-27(21-5-2-1-3-6-21)34-29(37)22-11-9-20(15-33)10-12-22/h1-12,18,24,27H,13-14,16-17,19H2,(H,34,37)/t24?,27-/m0/s1. The summed E-state index contributed by atoms with van der Waals surface area (Å²) in [6.07, 6.45) is 2.54. The van der Waals surface area contributed by atoms with Crippen molar-refractivity contribution in [3.05, 3.63) is 118 Å². The normalized spacial score (nSPS) is 17.4. The van der Waals surface area contributed by atoms with Crippen molar-refractivity contribution >= 4 is 23.4 Å². The van der Waals surface area contributed by atoms with E-state index in [1.54, 1.807) is 29.2 Å². The summed E-state index contributed by atoms with van der Waals surface area (Å²) < 4.78 is 14.3. The lowest BCUT2D eigenvalue weighted by Gasteiger charge is -2.24. The number of nitrogens with zero attached hydrogens (tertiary/aromatic N) is 3. The fraction of sp³-hybridized carbons (Fsp3) is 0.233. The molecule has 8 heteroatoms. The minimum absolute atomic E-state index is 0.0912. The molecule has 0 radical (unpaired) electrons. The van der Waals surface area contributed by atoms with E-state index in [1.807, 2.05) is 36.5 Å². The first-order valence-corrected chi connectivity index (χ1v) is 12.8. The molecular weight excluding hydrogens is 503 g/mol. The first-order chi connectivity index (χ1) is 18.4. The van der Waals surface area contributed by atoms with Crippen LogP contribution in [0.25, 0.3) is 0 Å². The highest BCUT2D eigenvalue weighted by Crippen LogP contribution is 2.32. The van der Waals surface area contributed by atoms with Crippen molar-refractivity contribution in [1.82, 2.24) is 15.1 Å². The molecule has 2 amide bonds. The summed E-state index contributed by atoms with van der Waals surface area (Å²) in [5.74, 6) is -1.04. The summed E-state index contributed by atoms with van der Waals surface area (Å²) >= 11 is 6.10. The van der Waals surface area contributed by atoms with Crippen LogP contribution in [0.4, 0.5) is 4.39 Å². The molecule has 2 heterocycles. The van der Waals surface area contributed by atoms with E-state index in [4.69, 9.17) is 16.9 Å². The Morgan fingerprint density at radius 2 is 1.82 bits per heavy atom. The van der Waals surface area contributed by atoms with Gasteiger partial charge in [-0.25, -0.2) is 4.39 Å². The summed E-state index contributed by atoms with van der Waals surface area (Å²) in [7, 11) is 0. The smallest absolute Gasteiger partial charge is 0.262 e. The van der Waals surface area contributed by atoms with Gasteiger partial charge in [-0.3, -0.25) is 14.5 Å². The average Bonchev–Trinajstić information content (AvgIpc) is 3.50. The van der Waals surface area contributed by atoms with E-state index in [0.29, 0.717) is 30.6 Å². The largest absolute Gasteiger partial charge is 0.345 e. The molecule has 6 nitrogen and oxygen atoms in total. The molecule has 1 unspecified atom stereocenters. The zero-order chi connectivity index (χ0) is 26.6. The summed E-state index contributed by atoms with van der Waals surface area (Å²) in [5.41, 5.74) is 3.08. The number of carbonyl (C=O) groups excluding carboxylic acids is 2. The number of rotatable bonds is 7. The lowest BCUT2D eigenvalue weighted by Crippen LogP contribution is -2.33. The lowest BCUT2D eigenvalue weighted by molar-refractivity contribution is 0.0816. The zero-order valence-electron chi connectivity index (χ0n) is 20.6. The molecule has 1 N–H and O–H groups in total. The number of likely N-dealkylation sites (tertiary alicyclic amines) is 1. The summed E-state index contributed by atoms with van der Waals surface area (Å²) in [6, 6.07) is 22.6. The van der Waals surface area contributed by atoms with Crippen LogP contribution in [0.1, 0.15) is 44.3 Å². The van der Waals surface area contributed by atoms with Crippen molar-refractivity contribution in [3.8, 4) is 6.07 Å². The maximum Gasteiger partial charge on any atom is 0.262 e. The quantitative estimate of drug-likeness (QED) is 0.458. The van der Waals surface area contributed by atoms with E-state index in [2.05, 4.69) is 16.3 Å². The second kappa shape index (κ2) is 11.2. The van der Waals surface area contributed by atoms with Crippen LogP contribution in [-0.4, -0.2) is 47.8 Å². The van der Waals surface area contributed by atoms with Crippen molar-refractivity contribution in [2.75, 3.05) is 26.2 Å². The molecule has 3 aromatic carbocycles. The van der Waals surface area contributed by atoms with Gasteiger partial charge in [-0.1, -0.05) is 48.0 Å². The van der Waals surface area contributed by atoms with Crippen LogP contribution in [0.15, 0.2) is 84.6 Å². The summed E-state index contributed by atoms with van der Waals surface area (Å²) in [4.78, 5) is 29.8. The van der Waals surface area contributed by atoms with E-state index >= 15 is 0 Å². The van der Waals surface area contributed by atoms with Crippen molar-refractivity contribution in [1.29, 1.82) is 5.26 Å². The van der Waals surface area contributed by atoms with E-state index in [9.17, 15) is 14.0 Å². The molecule has 1 saturated heterocycles. The highest BCUT2D eigenvalue weighted by atomic mass is 35.5. The third-order valence-corrected chi connectivity index (χ3v) is 7.42. The number of amides is 2. The van der Waals surface area contributed by atoms with Crippen LogP contribution in [0.3, 0.4) is 0 Å². The Kier molecular flexibility index (Phi) is 7.54. The molecule has 0 bridgehead atoms. The van der Waals surface area contributed by atoms with Gasteiger partial charge in [0.2, 0.25) is 0 Å². The average molecular weight is 529 g/mol. The number of nitriles is 1. The maximum absolute atomic E-state index is 14.3. The van der Waals surface area contributed by atoms with Crippen LogP contribution in [-0.2, 0) is 0 Å². The van der Waals surface area contributed by atoms with E-state index in [-0.39, 0.29) is 28.5 Å². The van der Waals surface area contributed by atoms with Gasteiger partial charge in [0.25, 0.3) is 11.8 Å². The maximum atomic E-state index is 14.3. The van der Waals surface area contributed by atoms with Gasteiger partial charge in [-0.05, 0) is 54.0 Å². The minimum atomic E-state index is -0.616. The fourth-order valence-electron chi connectivity index (χ4n) is 5.11. The van der Waals surface area contributed by atoms with Crippen LogP contribution in [0, 0.1) is 23.1 Å². The number of benzene rings is 3. The van der Waals surface area contributed by atoms with Gasteiger partial charge >= 0.3 is 0 Å². The fourth-order valence-corrected chi connectivity index (χ4v) is 5.35. The first kappa shape index (κ1) is 25.7. The predicted octanol–water partition coefficient (Wildman–Crippen LogP) is 5.18. The van der Waals surface area contributed by atoms with Crippen molar-refractivity contribution in [3.63, 3.8) is 0 Å². The number of hydrogen-bond acceptors (Lipinski definition) is 4. The molecule has 3 aromatic rings. The topological polar surface area (TPSA) is 76.4 Å². The molecule has 2 aliphatic heterocycles. The Balaban J connectivity index is 1.23. The first-order valence-electron chi connectivity index (χ1n) is 12.5. The molecule has 38 heavy (non-hydrogen) atoms. The zero-order valence-corrected chi connectivity index (χ0v) is 21.4. The Morgan fingerprint density at radius 3 is 2.50 bits per heavy atom. The van der Waals surface area contributed by atoms with Crippen molar-refractivity contribution < 1.29 is 14.0 Å². The number of carbonyl (C=O) groups is 2. The number of fused-ring (bicyclic) bond motifs is 1. The molecule has 0 saturated carbocycles.